The number of H-pyrrole nitrogens is 1. The van der Waals surface area contributed by atoms with Crippen LogP contribution in [0, 0.1) is 0 Å². The van der Waals surface area contributed by atoms with Gasteiger partial charge in [0.25, 0.3) is 5.91 Å². The van der Waals surface area contributed by atoms with Gasteiger partial charge in [-0.3, -0.25) is 9.89 Å². The number of anilines is 1. The monoisotopic (exact) mass is 320 g/mol. The van der Waals surface area contributed by atoms with Crippen LogP contribution < -0.4 is 5.32 Å². The van der Waals surface area contributed by atoms with Crippen molar-refractivity contribution >= 4 is 11.6 Å². The Kier molecular flexibility index (Phi) is 3.43. The van der Waals surface area contributed by atoms with Gasteiger partial charge in [-0.2, -0.15) is 5.10 Å². The van der Waals surface area contributed by atoms with Gasteiger partial charge < -0.3 is 14.3 Å². The maximum Gasteiger partial charge on any atom is 0.277 e. The number of nitrogens with one attached hydrogen (secondary N) is 2. The molecule has 0 atom stereocenters. The van der Waals surface area contributed by atoms with Crippen molar-refractivity contribution < 1.29 is 13.7 Å². The van der Waals surface area contributed by atoms with Gasteiger partial charge in [-0.25, -0.2) is 0 Å². The zero-order valence-corrected chi connectivity index (χ0v) is 12.4. The number of benzene rings is 1. The molecule has 0 bridgehead atoms. The lowest BCUT2D eigenvalue weighted by atomic mass is 10.1. The number of aromatic nitrogens is 3. The van der Waals surface area contributed by atoms with Crippen molar-refractivity contribution in [1.82, 2.24) is 15.4 Å². The highest BCUT2D eigenvalue weighted by Gasteiger charge is 2.15. The summed E-state index contributed by atoms with van der Waals surface area (Å²) in [7, 11) is 0. The zero-order chi connectivity index (χ0) is 16.4. The molecule has 0 spiro atoms. The molecule has 7 nitrogen and oxygen atoms in total. The molecule has 7 heteroatoms. The van der Waals surface area contributed by atoms with Gasteiger partial charge in [0.2, 0.25) is 5.76 Å². The summed E-state index contributed by atoms with van der Waals surface area (Å²) in [5.74, 6) is 0.553. The number of nitrogens with zero attached hydrogens (tertiary/aromatic N) is 2. The van der Waals surface area contributed by atoms with Gasteiger partial charge in [0.15, 0.2) is 11.5 Å². The van der Waals surface area contributed by atoms with Crippen LogP contribution in [0.1, 0.15) is 10.5 Å². The number of rotatable bonds is 4. The van der Waals surface area contributed by atoms with Crippen molar-refractivity contribution in [2.75, 3.05) is 5.32 Å². The van der Waals surface area contributed by atoms with Crippen LogP contribution >= 0.6 is 0 Å². The lowest BCUT2D eigenvalue weighted by Crippen LogP contribution is -2.12. The average Bonchev–Trinajstić information content (AvgIpc) is 3.36. The molecule has 0 aliphatic carbocycles. The van der Waals surface area contributed by atoms with E-state index in [4.69, 9.17) is 8.94 Å². The van der Waals surface area contributed by atoms with E-state index in [1.807, 2.05) is 24.3 Å². The fourth-order valence-electron chi connectivity index (χ4n) is 2.29. The molecule has 24 heavy (non-hydrogen) atoms. The number of hydrogen-bond acceptors (Lipinski definition) is 5. The number of aromatic amines is 1. The molecule has 0 aliphatic heterocycles. The van der Waals surface area contributed by atoms with Gasteiger partial charge in [-0.1, -0.05) is 17.3 Å². The predicted molar refractivity (Wildman–Crippen MR) is 86.2 cm³/mol. The van der Waals surface area contributed by atoms with Gasteiger partial charge in [-0.05, 0) is 30.3 Å². The van der Waals surface area contributed by atoms with E-state index in [9.17, 15) is 4.79 Å². The smallest absolute Gasteiger partial charge is 0.277 e. The third-order valence-electron chi connectivity index (χ3n) is 3.44. The maximum absolute atomic E-state index is 12.3. The topological polar surface area (TPSA) is 97.0 Å². The molecule has 4 rings (SSSR count). The normalized spacial score (nSPS) is 10.7. The lowest BCUT2D eigenvalue weighted by Gasteiger charge is -2.04. The summed E-state index contributed by atoms with van der Waals surface area (Å²) in [6, 6.07) is 14.3. The van der Waals surface area contributed by atoms with Crippen LogP contribution in [0.2, 0.25) is 0 Å². The number of carbonyl (C=O) groups excluding carboxylic acids is 1. The SMILES string of the molecule is O=C(Nc1cccc(-c2ccn[nH]2)c1)c1cc(-c2ccco2)on1. The largest absolute Gasteiger partial charge is 0.461 e. The van der Waals surface area contributed by atoms with Crippen LogP contribution in [-0.2, 0) is 0 Å². The first-order valence-corrected chi connectivity index (χ1v) is 7.21. The first kappa shape index (κ1) is 14.0. The lowest BCUT2D eigenvalue weighted by molar-refractivity contribution is 0.101. The van der Waals surface area contributed by atoms with Gasteiger partial charge in [0.1, 0.15) is 0 Å². The highest BCUT2D eigenvalue weighted by atomic mass is 16.5. The van der Waals surface area contributed by atoms with Crippen molar-refractivity contribution in [1.29, 1.82) is 0 Å². The maximum atomic E-state index is 12.3. The molecule has 0 fully saturated rings. The second-order valence-electron chi connectivity index (χ2n) is 5.06. The van der Waals surface area contributed by atoms with Crippen LogP contribution in [0.5, 0.6) is 0 Å². The van der Waals surface area contributed by atoms with Crippen LogP contribution in [0.4, 0.5) is 5.69 Å². The molecule has 0 unspecified atom stereocenters. The third-order valence-corrected chi connectivity index (χ3v) is 3.44. The quantitative estimate of drug-likeness (QED) is 0.599. The first-order chi connectivity index (χ1) is 11.8. The molecular weight excluding hydrogens is 308 g/mol. The minimum atomic E-state index is -0.363. The van der Waals surface area contributed by atoms with Gasteiger partial charge >= 0.3 is 0 Å². The van der Waals surface area contributed by atoms with Crippen molar-refractivity contribution in [2.45, 2.75) is 0 Å². The molecule has 2 N–H and O–H groups in total. The fraction of sp³-hybridized carbons (Fsp3) is 0. The minimum Gasteiger partial charge on any atom is -0.461 e. The van der Waals surface area contributed by atoms with Crippen LogP contribution in [0.25, 0.3) is 22.8 Å². The Balaban J connectivity index is 1.53. The highest BCUT2D eigenvalue weighted by Crippen LogP contribution is 2.23. The summed E-state index contributed by atoms with van der Waals surface area (Å²) < 4.78 is 10.3. The van der Waals surface area contributed by atoms with Crippen LogP contribution in [0.3, 0.4) is 0 Å². The summed E-state index contributed by atoms with van der Waals surface area (Å²) in [4.78, 5) is 12.3. The Hall–Kier alpha value is -3.61. The zero-order valence-electron chi connectivity index (χ0n) is 12.4. The third kappa shape index (κ3) is 2.70. The molecule has 1 aromatic carbocycles. The Labute approximate surface area is 136 Å². The fourth-order valence-corrected chi connectivity index (χ4v) is 2.29. The van der Waals surface area contributed by atoms with Crippen LogP contribution in [-0.4, -0.2) is 21.3 Å². The van der Waals surface area contributed by atoms with Crippen molar-refractivity contribution in [2.24, 2.45) is 0 Å². The Morgan fingerprint density at radius 1 is 1.08 bits per heavy atom. The highest BCUT2D eigenvalue weighted by molar-refractivity contribution is 6.03. The van der Waals surface area contributed by atoms with Gasteiger partial charge in [0.05, 0.1) is 12.0 Å². The van der Waals surface area contributed by atoms with Crippen LogP contribution in [0.15, 0.2) is 69.9 Å². The molecule has 0 radical (unpaired) electrons. The number of hydrogen-bond donors (Lipinski definition) is 2. The van der Waals surface area contributed by atoms with E-state index in [2.05, 4.69) is 20.7 Å². The molecule has 0 saturated heterocycles. The van der Waals surface area contributed by atoms with Crippen molar-refractivity contribution in [3.63, 3.8) is 0 Å². The summed E-state index contributed by atoms with van der Waals surface area (Å²) in [6.45, 7) is 0. The summed E-state index contributed by atoms with van der Waals surface area (Å²) in [5, 5.41) is 13.4. The second-order valence-corrected chi connectivity index (χ2v) is 5.06. The first-order valence-electron chi connectivity index (χ1n) is 7.21. The molecule has 0 saturated carbocycles. The van der Waals surface area contributed by atoms with E-state index in [-0.39, 0.29) is 11.6 Å². The van der Waals surface area contributed by atoms with E-state index in [0.29, 0.717) is 17.2 Å². The molecule has 3 heterocycles. The van der Waals surface area contributed by atoms with E-state index in [0.717, 1.165) is 11.3 Å². The summed E-state index contributed by atoms with van der Waals surface area (Å²) >= 11 is 0. The molecule has 1 amide bonds. The predicted octanol–water partition coefficient (Wildman–Crippen LogP) is 3.58. The Morgan fingerprint density at radius 3 is 2.83 bits per heavy atom. The summed E-state index contributed by atoms with van der Waals surface area (Å²) in [6.07, 6.45) is 3.20. The molecule has 3 aromatic heterocycles. The molecular formula is C17H12N4O3. The Morgan fingerprint density at radius 2 is 2.04 bits per heavy atom. The number of carbonyl (C=O) groups is 1. The van der Waals surface area contributed by atoms with Gasteiger partial charge in [0, 0.05) is 23.5 Å². The second kappa shape index (κ2) is 5.88. The molecule has 118 valence electrons. The average molecular weight is 320 g/mol. The Bertz CT molecular complexity index is 956. The standard InChI is InChI=1S/C17H12N4O3/c22-17(14-10-16(24-21-14)15-5-2-8-23-15)19-12-4-1-3-11(9-12)13-6-7-18-20-13/h1-10H,(H,18,20)(H,19,22). The van der Waals surface area contributed by atoms with E-state index >= 15 is 0 Å². The number of furan rings is 1. The van der Waals surface area contributed by atoms with E-state index < -0.39 is 0 Å². The van der Waals surface area contributed by atoms with E-state index in [1.165, 1.54) is 12.3 Å². The summed E-state index contributed by atoms with van der Waals surface area (Å²) in [5.41, 5.74) is 2.61. The molecule has 0 aliphatic rings. The minimum absolute atomic E-state index is 0.174. The van der Waals surface area contributed by atoms with Crippen molar-refractivity contribution in [3.05, 3.63) is 66.7 Å². The number of amides is 1. The van der Waals surface area contributed by atoms with Crippen molar-refractivity contribution in [3.8, 4) is 22.8 Å². The van der Waals surface area contributed by atoms with E-state index in [1.54, 1.807) is 24.4 Å². The molecule has 4 aromatic rings. The van der Waals surface area contributed by atoms with Gasteiger partial charge in [-0.15, -0.1) is 0 Å².